The van der Waals surface area contributed by atoms with E-state index in [0.717, 1.165) is 13.0 Å². The molecule has 0 amide bonds. The zero-order valence-corrected chi connectivity index (χ0v) is 7.51. The van der Waals surface area contributed by atoms with Crippen LogP contribution in [0, 0.1) is 0 Å². The Labute approximate surface area is 73.8 Å². The lowest BCUT2D eigenvalue weighted by Crippen LogP contribution is -2.21. The lowest BCUT2D eigenvalue weighted by Gasteiger charge is -2.06. The van der Waals surface area contributed by atoms with Gasteiger partial charge in [0.25, 0.3) is 0 Å². The molecular formula is C10H16N2. The van der Waals surface area contributed by atoms with Gasteiger partial charge in [-0.1, -0.05) is 37.6 Å². The summed E-state index contributed by atoms with van der Waals surface area (Å²) >= 11 is 0. The molecule has 0 heterocycles. The summed E-state index contributed by atoms with van der Waals surface area (Å²) in [5, 5.41) is 0. The quantitative estimate of drug-likeness (QED) is 0.524. The highest BCUT2D eigenvalue weighted by Gasteiger charge is 1.98. The zero-order chi connectivity index (χ0) is 8.81. The van der Waals surface area contributed by atoms with Crippen molar-refractivity contribution in [3.8, 4) is 0 Å². The highest BCUT2D eigenvalue weighted by Crippen LogP contribution is 2.10. The van der Waals surface area contributed by atoms with Gasteiger partial charge in [-0.2, -0.15) is 0 Å². The number of nitrogens with one attached hydrogen (secondary N) is 1. The molecule has 0 fully saturated rings. The van der Waals surface area contributed by atoms with Crippen molar-refractivity contribution in [1.29, 1.82) is 0 Å². The van der Waals surface area contributed by atoms with Gasteiger partial charge in [-0.15, -0.1) is 0 Å². The normalized spacial score (nSPS) is 10.2. The van der Waals surface area contributed by atoms with Crippen LogP contribution < -0.4 is 11.3 Å². The molecule has 1 aromatic carbocycles. The summed E-state index contributed by atoms with van der Waals surface area (Å²) in [6.07, 6.45) is 2.32. The number of hydrazine groups is 1. The van der Waals surface area contributed by atoms with Gasteiger partial charge in [-0.25, -0.2) is 0 Å². The van der Waals surface area contributed by atoms with Crippen molar-refractivity contribution in [1.82, 2.24) is 5.43 Å². The zero-order valence-electron chi connectivity index (χ0n) is 7.51. The van der Waals surface area contributed by atoms with Crippen molar-refractivity contribution in [3.63, 3.8) is 0 Å². The second-order valence-electron chi connectivity index (χ2n) is 2.90. The van der Waals surface area contributed by atoms with Gasteiger partial charge in [0.05, 0.1) is 0 Å². The minimum atomic E-state index is 0.760. The van der Waals surface area contributed by atoms with Crippen LogP contribution in [-0.2, 0) is 13.0 Å². The Morgan fingerprint density at radius 1 is 1.25 bits per heavy atom. The molecule has 0 saturated heterocycles. The molecule has 2 nitrogen and oxygen atoms in total. The van der Waals surface area contributed by atoms with Crippen molar-refractivity contribution >= 4 is 0 Å². The van der Waals surface area contributed by atoms with E-state index < -0.39 is 0 Å². The van der Waals surface area contributed by atoms with Gasteiger partial charge in [-0.3, -0.25) is 11.3 Å². The van der Waals surface area contributed by atoms with E-state index in [4.69, 9.17) is 5.84 Å². The summed E-state index contributed by atoms with van der Waals surface area (Å²) in [6, 6.07) is 8.40. The van der Waals surface area contributed by atoms with Crippen molar-refractivity contribution in [2.75, 3.05) is 0 Å². The van der Waals surface area contributed by atoms with Crippen LogP contribution in [0.3, 0.4) is 0 Å². The van der Waals surface area contributed by atoms with Crippen molar-refractivity contribution in [3.05, 3.63) is 35.4 Å². The summed E-state index contributed by atoms with van der Waals surface area (Å²) in [5.74, 6) is 5.28. The predicted octanol–water partition coefficient (Wildman–Crippen LogP) is 1.60. The molecule has 0 radical (unpaired) electrons. The van der Waals surface area contributed by atoms with E-state index >= 15 is 0 Å². The Morgan fingerprint density at radius 2 is 1.92 bits per heavy atom. The van der Waals surface area contributed by atoms with Crippen LogP contribution in [0.4, 0.5) is 0 Å². The van der Waals surface area contributed by atoms with Crippen LogP contribution >= 0.6 is 0 Å². The maximum atomic E-state index is 5.28. The molecule has 0 aliphatic rings. The van der Waals surface area contributed by atoms with Gasteiger partial charge in [0.2, 0.25) is 0 Å². The molecule has 2 heteroatoms. The van der Waals surface area contributed by atoms with Crippen molar-refractivity contribution < 1.29 is 0 Å². The first kappa shape index (κ1) is 9.23. The fourth-order valence-corrected chi connectivity index (χ4v) is 1.35. The molecule has 12 heavy (non-hydrogen) atoms. The summed E-state index contributed by atoms with van der Waals surface area (Å²) in [7, 11) is 0. The molecule has 1 rings (SSSR count). The Kier molecular flexibility index (Phi) is 3.77. The minimum absolute atomic E-state index is 0.760. The van der Waals surface area contributed by atoms with E-state index in [2.05, 4.69) is 30.5 Å². The molecule has 0 unspecified atom stereocenters. The lowest BCUT2D eigenvalue weighted by atomic mass is 10.0. The minimum Gasteiger partial charge on any atom is -0.271 e. The molecular weight excluding hydrogens is 148 g/mol. The Bertz CT molecular complexity index is 208. The standard InChI is InChI=1S/C10H16N2/c1-2-5-9-6-3-4-7-10(9)8-12-11/h3-4,6-7,12H,2,5,8,11H2,1H3. The van der Waals surface area contributed by atoms with E-state index in [0.29, 0.717) is 0 Å². The number of rotatable bonds is 4. The molecule has 0 saturated carbocycles. The number of benzene rings is 1. The topological polar surface area (TPSA) is 38.0 Å². The second-order valence-corrected chi connectivity index (χ2v) is 2.90. The molecule has 0 atom stereocenters. The number of hydrogen-bond donors (Lipinski definition) is 2. The predicted molar refractivity (Wildman–Crippen MR) is 51.5 cm³/mol. The van der Waals surface area contributed by atoms with Gasteiger partial charge in [-0.05, 0) is 17.5 Å². The molecule has 0 aliphatic heterocycles. The Hall–Kier alpha value is -0.860. The van der Waals surface area contributed by atoms with Crippen LogP contribution in [-0.4, -0.2) is 0 Å². The van der Waals surface area contributed by atoms with Gasteiger partial charge in [0.15, 0.2) is 0 Å². The molecule has 0 spiro atoms. The SMILES string of the molecule is CCCc1ccccc1CNN. The van der Waals surface area contributed by atoms with E-state index in [-0.39, 0.29) is 0 Å². The third-order valence-electron chi connectivity index (χ3n) is 1.93. The molecule has 0 aliphatic carbocycles. The average molecular weight is 164 g/mol. The second kappa shape index (κ2) is 4.91. The number of hydrogen-bond acceptors (Lipinski definition) is 2. The lowest BCUT2D eigenvalue weighted by molar-refractivity contribution is 0.730. The van der Waals surface area contributed by atoms with Gasteiger partial charge >= 0.3 is 0 Å². The first-order valence-corrected chi connectivity index (χ1v) is 4.38. The summed E-state index contributed by atoms with van der Waals surface area (Å²) in [5.41, 5.74) is 5.39. The Balaban J connectivity index is 2.77. The maximum Gasteiger partial charge on any atom is 0.0351 e. The summed E-state index contributed by atoms with van der Waals surface area (Å²) < 4.78 is 0. The third-order valence-corrected chi connectivity index (χ3v) is 1.93. The fourth-order valence-electron chi connectivity index (χ4n) is 1.35. The monoisotopic (exact) mass is 164 g/mol. The average Bonchev–Trinajstić information content (AvgIpc) is 2.09. The van der Waals surface area contributed by atoms with Crippen LogP contribution in [0.5, 0.6) is 0 Å². The summed E-state index contributed by atoms with van der Waals surface area (Å²) in [4.78, 5) is 0. The third kappa shape index (κ3) is 2.32. The van der Waals surface area contributed by atoms with Crippen LogP contribution in [0.2, 0.25) is 0 Å². The number of aryl methyl sites for hydroxylation is 1. The van der Waals surface area contributed by atoms with Gasteiger partial charge in [0, 0.05) is 6.54 Å². The molecule has 0 bridgehead atoms. The first-order valence-electron chi connectivity index (χ1n) is 4.38. The van der Waals surface area contributed by atoms with Crippen LogP contribution in [0.1, 0.15) is 24.5 Å². The maximum absolute atomic E-state index is 5.28. The Morgan fingerprint density at radius 3 is 2.50 bits per heavy atom. The number of nitrogens with two attached hydrogens (primary N) is 1. The van der Waals surface area contributed by atoms with E-state index in [1.807, 2.05) is 6.07 Å². The van der Waals surface area contributed by atoms with E-state index in [1.54, 1.807) is 0 Å². The highest BCUT2D eigenvalue weighted by atomic mass is 15.2. The van der Waals surface area contributed by atoms with Gasteiger partial charge in [0.1, 0.15) is 0 Å². The molecule has 1 aromatic rings. The van der Waals surface area contributed by atoms with E-state index in [9.17, 15) is 0 Å². The van der Waals surface area contributed by atoms with Crippen molar-refractivity contribution in [2.24, 2.45) is 5.84 Å². The van der Waals surface area contributed by atoms with E-state index in [1.165, 1.54) is 17.5 Å². The van der Waals surface area contributed by atoms with Crippen LogP contribution in [0.25, 0.3) is 0 Å². The molecule has 3 N–H and O–H groups in total. The van der Waals surface area contributed by atoms with Crippen LogP contribution in [0.15, 0.2) is 24.3 Å². The summed E-state index contributed by atoms with van der Waals surface area (Å²) in [6.45, 7) is 2.95. The largest absolute Gasteiger partial charge is 0.271 e. The smallest absolute Gasteiger partial charge is 0.0351 e. The van der Waals surface area contributed by atoms with Gasteiger partial charge < -0.3 is 0 Å². The molecule has 66 valence electrons. The van der Waals surface area contributed by atoms with Crippen molar-refractivity contribution in [2.45, 2.75) is 26.3 Å². The molecule has 0 aromatic heterocycles. The first-order chi connectivity index (χ1) is 5.88. The fraction of sp³-hybridized carbons (Fsp3) is 0.400. The highest BCUT2D eigenvalue weighted by molar-refractivity contribution is 5.26.